The fourth-order valence-electron chi connectivity index (χ4n) is 2.99. The number of fused-ring (bicyclic) bond motifs is 1. The summed E-state index contributed by atoms with van der Waals surface area (Å²) in [6.07, 6.45) is 8.66. The Morgan fingerprint density at radius 2 is 1.76 bits per heavy atom. The van der Waals surface area contributed by atoms with Crippen molar-refractivity contribution in [1.82, 2.24) is 10.2 Å². The van der Waals surface area contributed by atoms with Crippen molar-refractivity contribution >= 4 is 10.8 Å². The maximum absolute atomic E-state index is 6.02. The molecule has 1 fully saturated rings. The van der Waals surface area contributed by atoms with Gasteiger partial charge in [-0.05, 0) is 24.5 Å². The molecule has 1 aromatic heterocycles. The summed E-state index contributed by atoms with van der Waals surface area (Å²) in [5.74, 6) is 0. The molecule has 0 bridgehead atoms. The summed E-state index contributed by atoms with van der Waals surface area (Å²) < 4.78 is 0. The second-order valence-corrected chi connectivity index (χ2v) is 5.02. The van der Waals surface area contributed by atoms with E-state index in [1.165, 1.54) is 31.2 Å². The lowest BCUT2D eigenvalue weighted by atomic mass is 9.78. The molecule has 1 saturated carbocycles. The Bertz CT molecular complexity index is 530. The third-order valence-electron chi connectivity index (χ3n) is 4.11. The molecular weight excluding hydrogens is 210 g/mol. The first-order valence-corrected chi connectivity index (χ1v) is 6.25. The summed E-state index contributed by atoms with van der Waals surface area (Å²) in [5.41, 5.74) is 7.60. The van der Waals surface area contributed by atoms with Crippen molar-refractivity contribution < 1.29 is 0 Å². The molecule has 0 amide bonds. The van der Waals surface area contributed by atoms with Gasteiger partial charge in [0, 0.05) is 22.7 Å². The molecule has 1 aliphatic carbocycles. The average Bonchev–Trinajstić information content (AvgIpc) is 2.88. The van der Waals surface area contributed by atoms with Gasteiger partial charge in [-0.15, -0.1) is 0 Å². The van der Waals surface area contributed by atoms with Crippen LogP contribution in [-0.4, -0.2) is 16.7 Å². The van der Waals surface area contributed by atoms with Crippen LogP contribution in [0.4, 0.5) is 0 Å². The molecule has 0 atom stereocenters. The highest BCUT2D eigenvalue weighted by Crippen LogP contribution is 2.40. The Hall–Kier alpha value is -1.48. The lowest BCUT2D eigenvalue weighted by Gasteiger charge is -2.28. The van der Waals surface area contributed by atoms with Crippen LogP contribution in [0.25, 0.3) is 10.8 Å². The monoisotopic (exact) mass is 227 g/mol. The SMILES string of the molecule is NCC1(c2ccc3cnncc3c2)CCCC1. The topological polar surface area (TPSA) is 51.8 Å². The highest BCUT2D eigenvalue weighted by atomic mass is 15.1. The van der Waals surface area contributed by atoms with Crippen LogP contribution in [0.5, 0.6) is 0 Å². The van der Waals surface area contributed by atoms with Gasteiger partial charge >= 0.3 is 0 Å². The van der Waals surface area contributed by atoms with Crippen LogP contribution in [0.15, 0.2) is 30.6 Å². The van der Waals surface area contributed by atoms with Crippen LogP contribution in [-0.2, 0) is 5.41 Å². The fourth-order valence-corrected chi connectivity index (χ4v) is 2.99. The van der Waals surface area contributed by atoms with Gasteiger partial charge in [-0.1, -0.05) is 25.0 Å². The van der Waals surface area contributed by atoms with Gasteiger partial charge in [0.05, 0.1) is 12.4 Å². The van der Waals surface area contributed by atoms with E-state index in [0.717, 1.165) is 17.3 Å². The normalized spacial score (nSPS) is 18.6. The minimum absolute atomic E-state index is 0.206. The maximum Gasteiger partial charge on any atom is 0.0574 e. The molecule has 0 radical (unpaired) electrons. The Morgan fingerprint density at radius 3 is 2.47 bits per heavy atom. The number of hydrogen-bond acceptors (Lipinski definition) is 3. The van der Waals surface area contributed by atoms with Crippen LogP contribution < -0.4 is 5.73 Å². The molecular formula is C14H17N3. The van der Waals surface area contributed by atoms with E-state index in [9.17, 15) is 0 Å². The molecule has 1 aliphatic rings. The quantitative estimate of drug-likeness (QED) is 0.857. The van der Waals surface area contributed by atoms with Crippen LogP contribution >= 0.6 is 0 Å². The van der Waals surface area contributed by atoms with E-state index < -0.39 is 0 Å². The standard InChI is InChI=1S/C14H17N3/c15-10-14(5-1-2-6-14)13-4-3-11-8-16-17-9-12(11)7-13/h3-4,7-9H,1-2,5-6,10,15H2. The number of hydrogen-bond donors (Lipinski definition) is 1. The van der Waals surface area contributed by atoms with Crippen molar-refractivity contribution in [3.05, 3.63) is 36.2 Å². The molecule has 2 N–H and O–H groups in total. The molecule has 3 heteroatoms. The van der Waals surface area contributed by atoms with E-state index in [1.54, 1.807) is 0 Å². The molecule has 3 rings (SSSR count). The van der Waals surface area contributed by atoms with E-state index in [4.69, 9.17) is 5.73 Å². The van der Waals surface area contributed by atoms with Crippen molar-refractivity contribution in [2.24, 2.45) is 5.73 Å². The molecule has 1 aromatic carbocycles. The molecule has 0 unspecified atom stereocenters. The summed E-state index contributed by atoms with van der Waals surface area (Å²) in [7, 11) is 0. The van der Waals surface area contributed by atoms with E-state index in [0.29, 0.717) is 0 Å². The minimum Gasteiger partial charge on any atom is -0.330 e. The summed E-state index contributed by atoms with van der Waals surface area (Å²) in [6, 6.07) is 6.58. The maximum atomic E-state index is 6.02. The van der Waals surface area contributed by atoms with Crippen molar-refractivity contribution in [1.29, 1.82) is 0 Å². The van der Waals surface area contributed by atoms with Gasteiger partial charge in [0.1, 0.15) is 0 Å². The molecule has 17 heavy (non-hydrogen) atoms. The Kier molecular flexibility index (Phi) is 2.56. The smallest absolute Gasteiger partial charge is 0.0574 e. The molecule has 2 aromatic rings. The largest absolute Gasteiger partial charge is 0.330 e. The lowest BCUT2D eigenvalue weighted by Crippen LogP contribution is -2.31. The zero-order valence-electron chi connectivity index (χ0n) is 9.89. The van der Waals surface area contributed by atoms with Crippen molar-refractivity contribution in [2.45, 2.75) is 31.1 Å². The van der Waals surface area contributed by atoms with Gasteiger partial charge in [-0.2, -0.15) is 10.2 Å². The highest BCUT2D eigenvalue weighted by Gasteiger charge is 2.34. The number of rotatable bonds is 2. The summed E-state index contributed by atoms with van der Waals surface area (Å²) in [5, 5.41) is 10.2. The van der Waals surface area contributed by atoms with Crippen LogP contribution in [0.3, 0.4) is 0 Å². The Morgan fingerprint density at radius 1 is 1.06 bits per heavy atom. The minimum atomic E-state index is 0.206. The summed E-state index contributed by atoms with van der Waals surface area (Å²) in [4.78, 5) is 0. The van der Waals surface area contributed by atoms with Crippen molar-refractivity contribution in [3.8, 4) is 0 Å². The van der Waals surface area contributed by atoms with Gasteiger partial charge < -0.3 is 5.73 Å². The highest BCUT2D eigenvalue weighted by molar-refractivity contribution is 5.81. The van der Waals surface area contributed by atoms with Crippen molar-refractivity contribution in [3.63, 3.8) is 0 Å². The molecule has 88 valence electrons. The Labute approximate surface area is 101 Å². The van der Waals surface area contributed by atoms with Gasteiger partial charge in [0.15, 0.2) is 0 Å². The second-order valence-electron chi connectivity index (χ2n) is 5.02. The predicted octanol–water partition coefficient (Wildman–Crippen LogP) is 2.40. The van der Waals surface area contributed by atoms with Gasteiger partial charge in [-0.25, -0.2) is 0 Å². The molecule has 3 nitrogen and oxygen atoms in total. The molecule has 0 aliphatic heterocycles. The second kappa shape index (κ2) is 4.08. The predicted molar refractivity (Wildman–Crippen MR) is 68.7 cm³/mol. The number of nitrogens with two attached hydrogens (primary N) is 1. The zero-order valence-corrected chi connectivity index (χ0v) is 9.89. The van der Waals surface area contributed by atoms with Gasteiger partial charge in [0.25, 0.3) is 0 Å². The van der Waals surface area contributed by atoms with E-state index in [2.05, 4.69) is 28.4 Å². The zero-order chi connectivity index (χ0) is 11.7. The number of aromatic nitrogens is 2. The van der Waals surface area contributed by atoms with E-state index in [1.807, 2.05) is 12.4 Å². The number of nitrogens with zero attached hydrogens (tertiary/aromatic N) is 2. The first kappa shape index (κ1) is 10.7. The third kappa shape index (κ3) is 1.71. The van der Waals surface area contributed by atoms with Gasteiger partial charge in [-0.3, -0.25) is 0 Å². The van der Waals surface area contributed by atoms with Gasteiger partial charge in [0.2, 0.25) is 0 Å². The van der Waals surface area contributed by atoms with Crippen LogP contribution in [0.2, 0.25) is 0 Å². The summed E-state index contributed by atoms with van der Waals surface area (Å²) in [6.45, 7) is 0.747. The van der Waals surface area contributed by atoms with E-state index >= 15 is 0 Å². The van der Waals surface area contributed by atoms with E-state index in [-0.39, 0.29) is 5.41 Å². The number of benzene rings is 1. The first-order chi connectivity index (χ1) is 8.34. The lowest BCUT2D eigenvalue weighted by molar-refractivity contribution is 0.453. The summed E-state index contributed by atoms with van der Waals surface area (Å²) >= 11 is 0. The third-order valence-corrected chi connectivity index (χ3v) is 4.11. The first-order valence-electron chi connectivity index (χ1n) is 6.25. The Balaban J connectivity index is 2.10. The fraction of sp³-hybridized carbons (Fsp3) is 0.429. The molecule has 0 spiro atoms. The molecule has 1 heterocycles. The average molecular weight is 227 g/mol. The van der Waals surface area contributed by atoms with Crippen LogP contribution in [0, 0.1) is 0 Å². The molecule has 0 saturated heterocycles. The van der Waals surface area contributed by atoms with Crippen LogP contribution in [0.1, 0.15) is 31.2 Å². The van der Waals surface area contributed by atoms with Crippen molar-refractivity contribution in [2.75, 3.05) is 6.54 Å².